The van der Waals surface area contributed by atoms with Crippen molar-refractivity contribution < 1.29 is 4.79 Å². The van der Waals surface area contributed by atoms with Gasteiger partial charge in [0.05, 0.1) is 0 Å². The molecule has 7 nitrogen and oxygen atoms in total. The molecule has 1 aliphatic heterocycles. The van der Waals surface area contributed by atoms with E-state index in [1.807, 2.05) is 21.8 Å². The summed E-state index contributed by atoms with van der Waals surface area (Å²) in [7, 11) is 0. The van der Waals surface area contributed by atoms with E-state index in [2.05, 4.69) is 15.3 Å². The minimum atomic E-state index is -0.126. The lowest BCUT2D eigenvalue weighted by Crippen LogP contribution is -2.44. The largest absolute Gasteiger partial charge is 0.381 e. The number of nitrogen functional groups attached to an aromatic ring is 1. The number of nitrogens with one attached hydrogen (secondary N) is 1. The molecule has 1 unspecified atom stereocenters. The first-order valence-electron chi connectivity index (χ1n) is 7.44. The van der Waals surface area contributed by atoms with Crippen molar-refractivity contribution in [1.29, 1.82) is 0 Å². The summed E-state index contributed by atoms with van der Waals surface area (Å²) in [6, 6.07) is 2.09. The first-order valence-corrected chi connectivity index (χ1v) is 7.82. The van der Waals surface area contributed by atoms with E-state index in [9.17, 15) is 4.79 Å². The molecule has 1 aliphatic rings. The molecule has 22 heavy (non-hydrogen) atoms. The van der Waals surface area contributed by atoms with Gasteiger partial charge < -0.3 is 10.6 Å². The van der Waals surface area contributed by atoms with Crippen molar-refractivity contribution in [3.63, 3.8) is 0 Å². The highest BCUT2D eigenvalue weighted by Crippen LogP contribution is 2.26. The van der Waals surface area contributed by atoms with Gasteiger partial charge in [0.15, 0.2) is 5.82 Å². The summed E-state index contributed by atoms with van der Waals surface area (Å²) in [4.78, 5) is 14.6. The normalized spacial score (nSPS) is 18.6. The van der Waals surface area contributed by atoms with Crippen LogP contribution in [0.15, 0.2) is 18.5 Å². The first kappa shape index (κ1) is 14.9. The topological polar surface area (TPSA) is 92.8 Å². The van der Waals surface area contributed by atoms with Gasteiger partial charge in [-0.1, -0.05) is 11.6 Å². The van der Waals surface area contributed by atoms with Crippen LogP contribution >= 0.6 is 11.6 Å². The van der Waals surface area contributed by atoms with Crippen molar-refractivity contribution in [2.24, 2.45) is 0 Å². The van der Waals surface area contributed by atoms with Crippen LogP contribution in [-0.4, -0.2) is 43.4 Å². The number of carbonyl (C=O) groups excluding carboxylic acids is 1. The highest BCUT2D eigenvalue weighted by Gasteiger charge is 2.30. The maximum Gasteiger partial charge on any atom is 0.273 e. The lowest BCUT2D eigenvalue weighted by Gasteiger charge is -2.35. The average Bonchev–Trinajstić information content (AvgIpc) is 3.16. The van der Waals surface area contributed by atoms with E-state index in [4.69, 9.17) is 17.3 Å². The molecule has 118 valence electrons. The molecule has 0 bridgehead atoms. The number of nitrogens with zero attached hydrogens (tertiary/aromatic N) is 4. The number of hydrogen-bond donors (Lipinski definition) is 2. The summed E-state index contributed by atoms with van der Waals surface area (Å²) in [6.07, 6.45) is 7.69. The fraction of sp³-hybridized carbons (Fsp3) is 0.500. The van der Waals surface area contributed by atoms with Crippen LogP contribution in [0, 0.1) is 0 Å². The molecule has 3 rings (SSSR count). The van der Waals surface area contributed by atoms with Gasteiger partial charge in [-0.2, -0.15) is 10.2 Å². The van der Waals surface area contributed by atoms with Crippen molar-refractivity contribution >= 4 is 23.3 Å². The van der Waals surface area contributed by atoms with Gasteiger partial charge in [-0.3, -0.25) is 14.6 Å². The summed E-state index contributed by atoms with van der Waals surface area (Å²) >= 11 is 6.05. The summed E-state index contributed by atoms with van der Waals surface area (Å²) in [5.74, 6) is 0.0366. The minimum absolute atomic E-state index is 0.126. The fourth-order valence-corrected chi connectivity index (χ4v) is 3.08. The number of H-pyrrole nitrogens is 1. The van der Waals surface area contributed by atoms with Gasteiger partial charge in [-0.15, -0.1) is 0 Å². The van der Waals surface area contributed by atoms with E-state index in [1.54, 1.807) is 6.20 Å². The molecule has 0 aromatic carbocycles. The number of halogens is 1. The van der Waals surface area contributed by atoms with Crippen LogP contribution in [0.25, 0.3) is 0 Å². The van der Waals surface area contributed by atoms with Crippen LogP contribution in [0.5, 0.6) is 0 Å². The lowest BCUT2D eigenvalue weighted by atomic mass is 9.99. The zero-order valence-corrected chi connectivity index (χ0v) is 13.0. The second kappa shape index (κ2) is 6.39. The van der Waals surface area contributed by atoms with Gasteiger partial charge in [0, 0.05) is 31.5 Å². The Morgan fingerprint density at radius 1 is 1.50 bits per heavy atom. The van der Waals surface area contributed by atoms with Gasteiger partial charge in [0.1, 0.15) is 10.7 Å². The number of aromatic amines is 1. The van der Waals surface area contributed by atoms with E-state index in [1.165, 1.54) is 0 Å². The Morgan fingerprint density at radius 2 is 2.36 bits per heavy atom. The standard InChI is InChI=1S/C14H19ClN6O/c15-11-12(18-19-13(11)16)14(22)21-8-2-1-4-10(21)5-9-20-7-3-6-17-20/h3,6-7,10H,1-2,4-5,8-9H2,(H3,16,18,19). The summed E-state index contributed by atoms with van der Waals surface area (Å²) < 4.78 is 1.89. The van der Waals surface area contributed by atoms with Gasteiger partial charge >= 0.3 is 0 Å². The minimum Gasteiger partial charge on any atom is -0.381 e. The summed E-state index contributed by atoms with van der Waals surface area (Å²) in [5, 5.41) is 10.9. The molecule has 2 aromatic rings. The molecule has 8 heteroatoms. The Kier molecular flexibility index (Phi) is 4.33. The third-order valence-electron chi connectivity index (χ3n) is 4.09. The molecule has 0 spiro atoms. The van der Waals surface area contributed by atoms with Gasteiger partial charge in [-0.25, -0.2) is 0 Å². The predicted molar refractivity (Wildman–Crippen MR) is 83.5 cm³/mol. The van der Waals surface area contributed by atoms with E-state index >= 15 is 0 Å². The molecule has 3 N–H and O–H groups in total. The van der Waals surface area contributed by atoms with E-state index in [0.717, 1.165) is 38.8 Å². The Labute approximate surface area is 133 Å². The van der Waals surface area contributed by atoms with Gasteiger partial charge in [0.25, 0.3) is 5.91 Å². The highest BCUT2D eigenvalue weighted by atomic mass is 35.5. The quantitative estimate of drug-likeness (QED) is 0.899. The van der Waals surface area contributed by atoms with Crippen molar-refractivity contribution in [3.05, 3.63) is 29.2 Å². The van der Waals surface area contributed by atoms with Crippen LogP contribution in [-0.2, 0) is 6.54 Å². The maximum absolute atomic E-state index is 12.7. The molecule has 1 saturated heterocycles. The lowest BCUT2D eigenvalue weighted by molar-refractivity contribution is 0.0588. The maximum atomic E-state index is 12.7. The van der Waals surface area contributed by atoms with Crippen molar-refractivity contribution in [2.75, 3.05) is 12.3 Å². The first-order chi connectivity index (χ1) is 10.7. The van der Waals surface area contributed by atoms with E-state index < -0.39 is 0 Å². The fourth-order valence-electron chi connectivity index (χ4n) is 2.91. The average molecular weight is 323 g/mol. The highest BCUT2D eigenvalue weighted by molar-refractivity contribution is 6.35. The molecule has 0 radical (unpaired) electrons. The van der Waals surface area contributed by atoms with E-state index in [0.29, 0.717) is 0 Å². The number of aryl methyl sites for hydroxylation is 1. The van der Waals surface area contributed by atoms with Crippen LogP contribution in [0.4, 0.5) is 5.82 Å². The smallest absolute Gasteiger partial charge is 0.273 e. The molecule has 2 aromatic heterocycles. The molecule has 1 fully saturated rings. The second-order valence-electron chi connectivity index (χ2n) is 5.50. The zero-order chi connectivity index (χ0) is 15.5. The summed E-state index contributed by atoms with van der Waals surface area (Å²) in [6.45, 7) is 1.53. The Morgan fingerprint density at radius 3 is 3.05 bits per heavy atom. The molecule has 0 aliphatic carbocycles. The number of aromatic nitrogens is 4. The number of hydrogen-bond acceptors (Lipinski definition) is 4. The third-order valence-corrected chi connectivity index (χ3v) is 4.47. The van der Waals surface area contributed by atoms with Crippen LogP contribution in [0.3, 0.4) is 0 Å². The molecule has 0 saturated carbocycles. The number of amides is 1. The number of nitrogens with two attached hydrogens (primary N) is 1. The second-order valence-corrected chi connectivity index (χ2v) is 5.88. The SMILES string of the molecule is Nc1n[nH]c(C(=O)N2CCCCC2CCn2cccn2)c1Cl. The van der Waals surface area contributed by atoms with Crippen molar-refractivity contribution in [1.82, 2.24) is 24.9 Å². The molecule has 1 amide bonds. The molecule has 1 atom stereocenters. The zero-order valence-electron chi connectivity index (χ0n) is 12.2. The van der Waals surface area contributed by atoms with Crippen molar-refractivity contribution in [3.8, 4) is 0 Å². The molecular formula is C14H19ClN6O. The number of likely N-dealkylation sites (tertiary alicyclic amines) is 1. The Hall–Kier alpha value is -2.02. The molecular weight excluding hydrogens is 304 g/mol. The van der Waals surface area contributed by atoms with E-state index in [-0.39, 0.29) is 28.5 Å². The summed E-state index contributed by atoms with van der Waals surface area (Å²) in [5.41, 5.74) is 5.89. The van der Waals surface area contributed by atoms with Crippen LogP contribution < -0.4 is 5.73 Å². The predicted octanol–water partition coefficient (Wildman–Crippen LogP) is 1.93. The van der Waals surface area contributed by atoms with Gasteiger partial charge in [0.2, 0.25) is 0 Å². The number of carbonyl (C=O) groups is 1. The number of rotatable bonds is 4. The third kappa shape index (κ3) is 2.94. The Bertz CT molecular complexity index is 638. The van der Waals surface area contributed by atoms with Gasteiger partial charge in [-0.05, 0) is 31.7 Å². The monoisotopic (exact) mass is 322 g/mol. The van der Waals surface area contributed by atoms with Crippen LogP contribution in [0.2, 0.25) is 5.02 Å². The van der Waals surface area contributed by atoms with Crippen molar-refractivity contribution in [2.45, 2.75) is 38.3 Å². The number of piperidine rings is 1. The van der Waals surface area contributed by atoms with Crippen LogP contribution in [0.1, 0.15) is 36.2 Å². The molecule has 3 heterocycles. The Balaban J connectivity index is 1.71. The number of anilines is 1.